The molecule has 45 heavy (non-hydrogen) atoms. The monoisotopic (exact) mass is 635 g/mol. The Morgan fingerprint density at radius 3 is 2.20 bits per heavy atom. The van der Waals surface area contributed by atoms with Crippen LogP contribution in [0.4, 0.5) is 17.1 Å². The summed E-state index contributed by atoms with van der Waals surface area (Å²) >= 11 is 0. The van der Waals surface area contributed by atoms with Crippen LogP contribution in [0.1, 0.15) is 54.9 Å². The van der Waals surface area contributed by atoms with E-state index < -0.39 is 34.1 Å². The maximum Gasteiger partial charge on any atom is 0.251 e. The number of para-hydroxylation sites is 1. The number of carbonyl (C=O) groups is 2. The van der Waals surface area contributed by atoms with Gasteiger partial charge in [-0.1, -0.05) is 67.8 Å². The molecule has 0 heterocycles. The molecule has 2 amide bonds. The molecule has 1 aliphatic carbocycles. The second-order valence-corrected chi connectivity index (χ2v) is 13.5. The van der Waals surface area contributed by atoms with Crippen LogP contribution in [0.15, 0.2) is 78.9 Å². The molecule has 0 bridgehead atoms. The van der Waals surface area contributed by atoms with Crippen LogP contribution in [0.25, 0.3) is 0 Å². The van der Waals surface area contributed by atoms with E-state index in [0.29, 0.717) is 23.5 Å². The fraction of sp³-hybridized carbons (Fsp3) is 0.412. The van der Waals surface area contributed by atoms with Crippen molar-refractivity contribution < 1.29 is 23.1 Å². The van der Waals surface area contributed by atoms with E-state index in [1.54, 1.807) is 56.4 Å². The van der Waals surface area contributed by atoms with Gasteiger partial charge >= 0.3 is 0 Å². The minimum Gasteiger partial charge on any atom is -0.390 e. The largest absolute Gasteiger partial charge is 0.390 e. The molecule has 3 aromatic rings. The number of rotatable bonds is 14. The normalized spacial score (nSPS) is 15.8. The maximum absolute atomic E-state index is 13.7. The minimum absolute atomic E-state index is 0.0781. The zero-order chi connectivity index (χ0) is 32.4. The van der Waals surface area contributed by atoms with Crippen molar-refractivity contribution in [1.29, 1.82) is 0 Å². The molecule has 3 aromatic carbocycles. The van der Waals surface area contributed by atoms with Gasteiger partial charge in [0.25, 0.3) is 5.91 Å². The van der Waals surface area contributed by atoms with Gasteiger partial charge in [0.1, 0.15) is 0 Å². The highest BCUT2D eigenvalue weighted by atomic mass is 32.2. The van der Waals surface area contributed by atoms with Crippen LogP contribution in [0, 0.1) is 0 Å². The third kappa shape index (κ3) is 9.78. The van der Waals surface area contributed by atoms with E-state index in [1.807, 2.05) is 30.3 Å². The number of carbonyl (C=O) groups excluding carboxylic acids is 2. The second-order valence-electron chi connectivity index (χ2n) is 11.7. The number of hydrogen-bond acceptors (Lipinski definition) is 7. The van der Waals surface area contributed by atoms with Gasteiger partial charge in [0.2, 0.25) is 15.9 Å². The quantitative estimate of drug-likeness (QED) is 0.181. The number of amides is 2. The Morgan fingerprint density at radius 1 is 0.933 bits per heavy atom. The summed E-state index contributed by atoms with van der Waals surface area (Å²) in [4.78, 5) is 26.5. The molecule has 0 saturated heterocycles. The van der Waals surface area contributed by atoms with Crippen molar-refractivity contribution in [3.63, 3.8) is 0 Å². The van der Waals surface area contributed by atoms with Crippen molar-refractivity contribution in [2.75, 3.05) is 29.5 Å². The average Bonchev–Trinajstić information content (AvgIpc) is 3.03. The van der Waals surface area contributed by atoms with Gasteiger partial charge in [-0.2, -0.15) is 0 Å². The molecule has 0 radical (unpaired) electrons. The summed E-state index contributed by atoms with van der Waals surface area (Å²) in [6.07, 6.45) is 5.82. The molecular weight excluding hydrogens is 590 g/mol. The summed E-state index contributed by atoms with van der Waals surface area (Å²) < 4.78 is 27.0. The van der Waals surface area contributed by atoms with E-state index in [0.717, 1.165) is 37.5 Å². The molecule has 10 nitrogen and oxygen atoms in total. The van der Waals surface area contributed by atoms with Gasteiger partial charge in [-0.05, 0) is 62.1 Å². The van der Waals surface area contributed by atoms with E-state index in [1.165, 1.54) is 16.8 Å². The summed E-state index contributed by atoms with van der Waals surface area (Å²) in [5.41, 5.74) is 2.41. The second kappa shape index (κ2) is 15.9. The SMILES string of the molecule is CNc1cc(C(=O)N[C@@H](Cc2ccccc2)[C@@H](O)CN[C@@H](C)C(=O)NC2CCCCC2)cc(N(c2ccccc2)S(C)(=O)=O)c1. The Balaban J connectivity index is 1.53. The molecule has 0 unspecified atom stereocenters. The fourth-order valence-electron chi connectivity index (χ4n) is 5.61. The predicted molar refractivity (Wildman–Crippen MR) is 179 cm³/mol. The molecule has 242 valence electrons. The van der Waals surface area contributed by atoms with Crippen molar-refractivity contribution in [2.45, 2.75) is 69.7 Å². The number of aliphatic hydroxyl groups is 1. The summed E-state index contributed by atoms with van der Waals surface area (Å²) in [6, 6.07) is 21.9. The number of hydrogen-bond donors (Lipinski definition) is 5. The minimum atomic E-state index is -3.75. The molecule has 0 spiro atoms. The van der Waals surface area contributed by atoms with Crippen LogP contribution >= 0.6 is 0 Å². The molecule has 1 saturated carbocycles. The first-order valence-corrected chi connectivity index (χ1v) is 17.3. The first kappa shape index (κ1) is 34.0. The Hall–Kier alpha value is -3.93. The Kier molecular flexibility index (Phi) is 12.0. The van der Waals surface area contributed by atoms with Crippen molar-refractivity contribution >= 4 is 38.9 Å². The van der Waals surface area contributed by atoms with Crippen LogP contribution < -0.4 is 25.6 Å². The van der Waals surface area contributed by atoms with Crippen LogP contribution in [-0.4, -0.2) is 69.4 Å². The van der Waals surface area contributed by atoms with E-state index in [9.17, 15) is 23.1 Å². The van der Waals surface area contributed by atoms with Gasteiger partial charge < -0.3 is 26.4 Å². The van der Waals surface area contributed by atoms with Crippen molar-refractivity contribution in [3.05, 3.63) is 90.0 Å². The average molecular weight is 636 g/mol. The van der Waals surface area contributed by atoms with Crippen molar-refractivity contribution in [3.8, 4) is 0 Å². The van der Waals surface area contributed by atoms with Crippen molar-refractivity contribution in [1.82, 2.24) is 16.0 Å². The van der Waals surface area contributed by atoms with E-state index in [4.69, 9.17) is 0 Å². The number of aliphatic hydroxyl groups excluding tert-OH is 1. The molecule has 11 heteroatoms. The molecule has 5 N–H and O–H groups in total. The first-order chi connectivity index (χ1) is 21.5. The summed E-state index contributed by atoms with van der Waals surface area (Å²) in [6.45, 7) is 1.84. The lowest BCUT2D eigenvalue weighted by atomic mass is 9.95. The fourth-order valence-corrected chi connectivity index (χ4v) is 6.60. The smallest absolute Gasteiger partial charge is 0.251 e. The maximum atomic E-state index is 13.7. The Bertz CT molecular complexity index is 1510. The zero-order valence-electron chi connectivity index (χ0n) is 26.2. The Morgan fingerprint density at radius 2 is 1.58 bits per heavy atom. The van der Waals surface area contributed by atoms with Gasteiger partial charge in [0.05, 0.1) is 35.8 Å². The Labute approximate surface area is 266 Å². The van der Waals surface area contributed by atoms with Crippen LogP contribution in [0.5, 0.6) is 0 Å². The topological polar surface area (TPSA) is 140 Å². The lowest BCUT2D eigenvalue weighted by Crippen LogP contribution is -2.53. The van der Waals surface area contributed by atoms with E-state index in [-0.39, 0.29) is 24.1 Å². The molecule has 3 atom stereocenters. The van der Waals surface area contributed by atoms with Gasteiger partial charge in [-0.25, -0.2) is 12.7 Å². The van der Waals surface area contributed by atoms with Gasteiger partial charge in [0, 0.05) is 30.9 Å². The third-order valence-corrected chi connectivity index (χ3v) is 9.17. The number of benzene rings is 3. The van der Waals surface area contributed by atoms with Crippen molar-refractivity contribution in [2.24, 2.45) is 0 Å². The van der Waals surface area contributed by atoms with Crippen LogP contribution in [0.2, 0.25) is 0 Å². The standard InChI is InChI=1S/C34H45N5O5S/c1-24(33(41)37-27-15-9-5-10-16-27)36-23-32(40)31(19-25-13-7-4-8-14-25)38-34(42)26-20-28(35-2)22-30(21-26)39(45(3,43)44)29-17-11-6-12-18-29/h4,6-8,11-14,17-18,20-22,24,27,31-32,35-36,40H,5,9-10,15-16,19,23H2,1-3H3,(H,37,41)(H,38,42)/t24-,31-,32-/m0/s1. The van der Waals surface area contributed by atoms with Gasteiger partial charge in [-0.15, -0.1) is 0 Å². The number of nitrogens with zero attached hydrogens (tertiary/aromatic N) is 1. The molecule has 1 fully saturated rings. The van der Waals surface area contributed by atoms with Gasteiger partial charge in [-0.3, -0.25) is 9.59 Å². The van der Waals surface area contributed by atoms with Gasteiger partial charge in [0.15, 0.2) is 0 Å². The highest BCUT2D eigenvalue weighted by molar-refractivity contribution is 7.92. The predicted octanol–water partition coefficient (Wildman–Crippen LogP) is 3.96. The molecule has 4 rings (SSSR count). The highest BCUT2D eigenvalue weighted by Crippen LogP contribution is 2.31. The van der Waals surface area contributed by atoms with E-state index in [2.05, 4.69) is 21.3 Å². The summed E-state index contributed by atoms with van der Waals surface area (Å²) in [5, 5.41) is 23.5. The zero-order valence-corrected chi connectivity index (χ0v) is 27.0. The molecule has 0 aliphatic heterocycles. The number of sulfonamides is 1. The van der Waals surface area contributed by atoms with Crippen LogP contribution in [0.3, 0.4) is 0 Å². The summed E-state index contributed by atoms with van der Waals surface area (Å²) in [7, 11) is -2.07. The third-order valence-electron chi connectivity index (χ3n) is 8.08. The first-order valence-electron chi connectivity index (χ1n) is 15.5. The molecular formula is C34H45N5O5S. The summed E-state index contributed by atoms with van der Waals surface area (Å²) in [5.74, 6) is -0.582. The lowest BCUT2D eigenvalue weighted by Gasteiger charge is -2.28. The van der Waals surface area contributed by atoms with Crippen LogP contribution in [-0.2, 0) is 21.2 Å². The number of nitrogens with one attached hydrogen (secondary N) is 4. The highest BCUT2D eigenvalue weighted by Gasteiger charge is 2.27. The number of anilines is 3. The lowest BCUT2D eigenvalue weighted by molar-refractivity contribution is -0.123. The van der Waals surface area contributed by atoms with E-state index >= 15 is 0 Å². The molecule has 1 aliphatic rings. The molecule has 0 aromatic heterocycles.